The van der Waals surface area contributed by atoms with Gasteiger partial charge in [0.1, 0.15) is 12.1 Å². The molecule has 0 aromatic heterocycles. The van der Waals surface area contributed by atoms with Crippen LogP contribution in [0, 0.1) is 5.92 Å². The maximum Gasteiger partial charge on any atom is 0.312 e. The minimum atomic E-state index is -0.888. The summed E-state index contributed by atoms with van der Waals surface area (Å²) in [4.78, 5) is 73.7. The van der Waals surface area contributed by atoms with E-state index < -0.39 is 29.9 Å². The third-order valence-electron chi connectivity index (χ3n) is 6.18. The second kappa shape index (κ2) is 17.2. The Morgan fingerprint density at radius 1 is 0.947 bits per heavy atom. The Bertz CT molecular complexity index is 858. The van der Waals surface area contributed by atoms with Crippen molar-refractivity contribution in [1.82, 2.24) is 26.2 Å². The highest BCUT2D eigenvalue weighted by atomic mass is 16.2. The number of carbonyl (C=O) groups is 6. The minimum absolute atomic E-state index is 0.175. The van der Waals surface area contributed by atoms with Crippen LogP contribution in [0.4, 0.5) is 4.79 Å². The van der Waals surface area contributed by atoms with Gasteiger partial charge in [-0.25, -0.2) is 4.79 Å². The lowest BCUT2D eigenvalue weighted by atomic mass is 9.95. The van der Waals surface area contributed by atoms with E-state index in [4.69, 9.17) is 13.6 Å². The number of nitrogens with two attached hydrogens (primary N) is 1. The van der Waals surface area contributed by atoms with E-state index in [9.17, 15) is 28.8 Å². The molecule has 0 aliphatic carbocycles. The number of nitrogens with one attached hydrogen (secondary N) is 4. The van der Waals surface area contributed by atoms with Crippen LogP contribution in [0.15, 0.2) is 12.2 Å². The van der Waals surface area contributed by atoms with Crippen LogP contribution < -0.4 is 27.0 Å². The molecule has 1 heterocycles. The van der Waals surface area contributed by atoms with Crippen molar-refractivity contribution < 1.29 is 28.8 Å². The zero-order valence-corrected chi connectivity index (χ0v) is 22.6. The number of hydrogen-bond donors (Lipinski definition) is 5. The smallest absolute Gasteiger partial charge is 0.312 e. The summed E-state index contributed by atoms with van der Waals surface area (Å²) >= 11 is 0. The molecule has 2 radical (unpaired) electrons. The molecule has 0 aromatic carbocycles. The van der Waals surface area contributed by atoms with Gasteiger partial charge in [-0.05, 0) is 38.0 Å². The summed E-state index contributed by atoms with van der Waals surface area (Å²) < 4.78 is 0. The fourth-order valence-electron chi connectivity index (χ4n) is 3.84. The van der Waals surface area contributed by atoms with Gasteiger partial charge in [-0.15, -0.1) is 0 Å². The fraction of sp³-hybridized carbons (Fsp3) is 0.680. The highest BCUT2D eigenvalue weighted by Crippen LogP contribution is 2.10. The molecule has 38 heavy (non-hydrogen) atoms. The first-order chi connectivity index (χ1) is 18.0. The van der Waals surface area contributed by atoms with Gasteiger partial charge in [0.05, 0.1) is 7.85 Å². The first-order valence-corrected chi connectivity index (χ1v) is 13.2. The van der Waals surface area contributed by atoms with E-state index >= 15 is 0 Å². The molecule has 12 nitrogen and oxygen atoms in total. The molecule has 0 spiro atoms. The first kappa shape index (κ1) is 32.7. The molecule has 0 saturated heterocycles. The molecule has 0 bridgehead atoms. The number of nitrogens with zero attached hydrogens (tertiary/aromatic N) is 1. The average molecular weight is 532 g/mol. The molecule has 6 N–H and O–H groups in total. The third-order valence-corrected chi connectivity index (χ3v) is 6.18. The monoisotopic (exact) mass is 532 g/mol. The van der Waals surface area contributed by atoms with Crippen LogP contribution in [-0.4, -0.2) is 79.5 Å². The Morgan fingerprint density at radius 3 is 2.16 bits per heavy atom. The Hall–Kier alpha value is -3.38. The SMILES string of the molecule is [B]C[C@@H](CC)NC(=O)[C@H](CCCNC(N)=O)NC(=O)C(NC(=O)CCCCCN1C(=O)C=CC1=O)C(C)C. The van der Waals surface area contributed by atoms with E-state index in [1.165, 1.54) is 12.2 Å². The average Bonchev–Trinajstić information content (AvgIpc) is 3.18. The van der Waals surface area contributed by atoms with Gasteiger partial charge in [-0.3, -0.25) is 28.9 Å². The molecule has 1 rings (SSSR count). The molecule has 0 fully saturated rings. The molecular weight excluding hydrogens is 491 g/mol. The number of rotatable bonds is 18. The van der Waals surface area contributed by atoms with Gasteiger partial charge in [0, 0.05) is 37.7 Å². The number of unbranched alkanes of at least 4 members (excludes halogenated alkanes) is 2. The second-order valence-electron chi connectivity index (χ2n) is 9.61. The molecule has 1 aliphatic rings. The number of amides is 7. The summed E-state index contributed by atoms with van der Waals surface area (Å²) in [6.45, 7) is 6.00. The quantitative estimate of drug-likeness (QED) is 0.0944. The Balaban J connectivity index is 2.63. The highest BCUT2D eigenvalue weighted by molar-refractivity contribution is 6.12. The van der Waals surface area contributed by atoms with Gasteiger partial charge in [0.15, 0.2) is 0 Å². The van der Waals surface area contributed by atoms with Crippen LogP contribution in [0.5, 0.6) is 0 Å². The van der Waals surface area contributed by atoms with Gasteiger partial charge in [0.25, 0.3) is 11.8 Å². The van der Waals surface area contributed by atoms with Crippen LogP contribution in [0.2, 0.25) is 6.32 Å². The molecule has 3 atom stereocenters. The van der Waals surface area contributed by atoms with Crippen LogP contribution in [0.3, 0.4) is 0 Å². The van der Waals surface area contributed by atoms with Gasteiger partial charge >= 0.3 is 6.03 Å². The van der Waals surface area contributed by atoms with Crippen molar-refractivity contribution in [1.29, 1.82) is 0 Å². The predicted molar refractivity (Wildman–Crippen MR) is 143 cm³/mol. The predicted octanol–water partition coefficient (Wildman–Crippen LogP) is 0.0275. The molecule has 210 valence electrons. The van der Waals surface area contributed by atoms with Crippen molar-refractivity contribution >= 4 is 43.4 Å². The van der Waals surface area contributed by atoms with Crippen LogP contribution in [0.25, 0.3) is 0 Å². The van der Waals surface area contributed by atoms with E-state index in [2.05, 4.69) is 21.3 Å². The summed E-state index contributed by atoms with van der Waals surface area (Å²) in [5.74, 6) is -2.10. The molecular formula is C25H41BN6O6. The van der Waals surface area contributed by atoms with Crippen molar-refractivity contribution in [3.63, 3.8) is 0 Å². The van der Waals surface area contributed by atoms with Crippen molar-refractivity contribution in [2.75, 3.05) is 13.1 Å². The van der Waals surface area contributed by atoms with E-state index in [0.717, 1.165) is 4.90 Å². The molecule has 13 heteroatoms. The first-order valence-electron chi connectivity index (χ1n) is 13.2. The highest BCUT2D eigenvalue weighted by Gasteiger charge is 2.29. The molecule has 1 aliphatic heterocycles. The zero-order valence-electron chi connectivity index (χ0n) is 22.6. The number of primary amides is 1. The van der Waals surface area contributed by atoms with Gasteiger partial charge in [0.2, 0.25) is 17.7 Å². The lowest BCUT2D eigenvalue weighted by Gasteiger charge is -2.26. The molecule has 0 saturated carbocycles. The van der Waals surface area contributed by atoms with Crippen molar-refractivity contribution in [2.24, 2.45) is 11.7 Å². The van der Waals surface area contributed by atoms with Crippen LogP contribution in [0.1, 0.15) is 65.7 Å². The zero-order chi connectivity index (χ0) is 28.7. The van der Waals surface area contributed by atoms with E-state index in [0.29, 0.717) is 38.6 Å². The lowest BCUT2D eigenvalue weighted by molar-refractivity contribution is -0.137. The van der Waals surface area contributed by atoms with E-state index in [1.54, 1.807) is 13.8 Å². The van der Waals surface area contributed by atoms with Crippen molar-refractivity contribution in [2.45, 2.75) is 90.2 Å². The summed E-state index contributed by atoms with van der Waals surface area (Å²) in [7, 11) is 5.69. The molecule has 1 unspecified atom stereocenters. The van der Waals surface area contributed by atoms with E-state index in [-0.39, 0.29) is 55.4 Å². The minimum Gasteiger partial charge on any atom is -0.352 e. The standard InChI is InChI=1S/C25H41BN6O6/c1-4-17(15-26)29-23(36)18(9-8-13-28-25(27)38)30-24(37)22(16(2)3)31-19(33)10-6-5-7-14-32-20(34)11-12-21(32)35/h11-12,16-18,22H,4-10,13-15H2,1-3H3,(H,29,36)(H,30,37)(H,31,33)(H3,27,28,38)/t17-,18+,22?/m1/s1. The topological polar surface area (TPSA) is 180 Å². The number of imide groups is 1. The van der Waals surface area contributed by atoms with Crippen LogP contribution >= 0.6 is 0 Å². The summed E-state index contributed by atoms with van der Waals surface area (Å²) in [6, 6.07) is -2.67. The Morgan fingerprint density at radius 2 is 1.61 bits per heavy atom. The third kappa shape index (κ3) is 11.8. The fourth-order valence-corrected chi connectivity index (χ4v) is 3.84. The van der Waals surface area contributed by atoms with Crippen LogP contribution in [-0.2, 0) is 24.0 Å². The van der Waals surface area contributed by atoms with Gasteiger partial charge in [-0.2, -0.15) is 0 Å². The summed E-state index contributed by atoms with van der Waals surface area (Å²) in [5.41, 5.74) is 5.08. The molecule has 7 amide bonds. The maximum atomic E-state index is 13.1. The normalized spacial score (nSPS) is 15.2. The number of urea groups is 1. The summed E-state index contributed by atoms with van der Waals surface area (Å²) in [5, 5.41) is 10.8. The summed E-state index contributed by atoms with van der Waals surface area (Å²) in [6.07, 6.45) is 5.88. The Labute approximate surface area is 225 Å². The Kier molecular flexibility index (Phi) is 14.8. The second-order valence-corrected chi connectivity index (χ2v) is 9.61. The van der Waals surface area contributed by atoms with Gasteiger partial charge in [-0.1, -0.05) is 33.5 Å². The van der Waals surface area contributed by atoms with Gasteiger partial charge < -0.3 is 27.0 Å². The lowest BCUT2D eigenvalue weighted by Crippen LogP contribution is -2.56. The van der Waals surface area contributed by atoms with Crippen molar-refractivity contribution in [3.8, 4) is 0 Å². The number of carbonyl (C=O) groups excluding carboxylic acids is 6. The van der Waals surface area contributed by atoms with Crippen molar-refractivity contribution in [3.05, 3.63) is 12.2 Å². The largest absolute Gasteiger partial charge is 0.352 e. The van der Waals surface area contributed by atoms with E-state index in [1.807, 2.05) is 6.92 Å². The molecule has 0 aromatic rings. The maximum absolute atomic E-state index is 13.1. The number of hydrogen-bond acceptors (Lipinski definition) is 6.